The molecule has 0 amide bonds. The van der Waals surface area contributed by atoms with Gasteiger partial charge in [-0.2, -0.15) is 0 Å². The monoisotopic (exact) mass is 396 g/mol. The second kappa shape index (κ2) is 15.7. The van der Waals surface area contributed by atoms with E-state index in [4.69, 9.17) is 4.74 Å². The Labute approximate surface area is 170 Å². The molecule has 1 aliphatic rings. The van der Waals surface area contributed by atoms with Gasteiger partial charge in [0, 0.05) is 31.6 Å². The molecule has 2 N–H and O–H groups in total. The van der Waals surface area contributed by atoms with Crippen LogP contribution in [0.25, 0.3) is 0 Å². The smallest absolute Gasteiger partial charge is 0.330 e. The molecule has 1 aliphatic carbocycles. The van der Waals surface area contributed by atoms with E-state index in [1.165, 1.54) is 26.0 Å². The van der Waals surface area contributed by atoms with Gasteiger partial charge in [-0.15, -0.1) is 0 Å². The quantitative estimate of drug-likeness (QED) is 0.188. The number of aliphatic hydroxyl groups is 2. The van der Waals surface area contributed by atoms with E-state index in [9.17, 15) is 15.0 Å². The highest BCUT2D eigenvalue weighted by Crippen LogP contribution is 2.37. The van der Waals surface area contributed by atoms with Crippen molar-refractivity contribution in [2.45, 2.75) is 83.3 Å². The molecule has 0 aromatic carbocycles. The fourth-order valence-electron chi connectivity index (χ4n) is 3.88. The Morgan fingerprint density at radius 1 is 1.00 bits per heavy atom. The minimum absolute atomic E-state index is 0.0542. The Kier molecular flexibility index (Phi) is 14.0. The first-order valence-electron chi connectivity index (χ1n) is 10.9. The standard InChI is InChI=1S/C23H40O5/c1-3-28-17-13-9-5-4-6-10-14-19-20(22(25)18-21(19)24)15-11-7-8-12-16-23(26)27-2/h10,12,14,16,19-22,24-25H,3-9,11,13,15,17-18H2,1-2H3/b14-10+,16-12?/t19-,20?,21-,22+/m1/s1. The lowest BCUT2D eigenvalue weighted by Crippen LogP contribution is -2.20. The molecule has 1 unspecified atom stereocenters. The van der Waals surface area contributed by atoms with E-state index in [0.29, 0.717) is 6.42 Å². The summed E-state index contributed by atoms with van der Waals surface area (Å²) in [5, 5.41) is 20.6. The van der Waals surface area contributed by atoms with Gasteiger partial charge >= 0.3 is 5.97 Å². The number of unbranched alkanes of at least 4 members (excludes halogenated alkanes) is 6. The molecular formula is C23H40O5. The van der Waals surface area contributed by atoms with Crippen molar-refractivity contribution in [2.75, 3.05) is 20.3 Å². The van der Waals surface area contributed by atoms with Crippen LogP contribution in [0.2, 0.25) is 0 Å². The molecule has 0 radical (unpaired) electrons. The maximum atomic E-state index is 11.0. The predicted octanol–water partition coefficient (Wildman–Crippen LogP) is 4.18. The predicted molar refractivity (Wildman–Crippen MR) is 112 cm³/mol. The van der Waals surface area contributed by atoms with Gasteiger partial charge in [0.15, 0.2) is 0 Å². The van der Waals surface area contributed by atoms with Gasteiger partial charge in [-0.25, -0.2) is 4.79 Å². The summed E-state index contributed by atoms with van der Waals surface area (Å²) in [5.41, 5.74) is 0. The molecule has 0 aromatic rings. The minimum atomic E-state index is -0.443. The number of rotatable bonds is 15. The van der Waals surface area contributed by atoms with Crippen LogP contribution in [-0.2, 0) is 14.3 Å². The van der Waals surface area contributed by atoms with Gasteiger partial charge in [0.1, 0.15) is 0 Å². The molecule has 0 saturated heterocycles. The summed E-state index contributed by atoms with van der Waals surface area (Å²) >= 11 is 0. The Bertz CT molecular complexity index is 460. The number of esters is 1. The van der Waals surface area contributed by atoms with Gasteiger partial charge in [-0.05, 0) is 51.4 Å². The van der Waals surface area contributed by atoms with Crippen molar-refractivity contribution in [1.82, 2.24) is 0 Å². The van der Waals surface area contributed by atoms with Crippen LogP contribution in [0, 0.1) is 11.8 Å². The lowest BCUT2D eigenvalue weighted by molar-refractivity contribution is -0.134. The fourth-order valence-corrected chi connectivity index (χ4v) is 3.88. The highest BCUT2D eigenvalue weighted by Gasteiger charge is 2.39. The summed E-state index contributed by atoms with van der Waals surface area (Å²) in [7, 11) is 1.37. The van der Waals surface area contributed by atoms with Crippen LogP contribution in [0.5, 0.6) is 0 Å². The number of carbonyl (C=O) groups excluding carboxylic acids is 1. The second-order valence-corrected chi connectivity index (χ2v) is 7.65. The molecule has 5 nitrogen and oxygen atoms in total. The van der Waals surface area contributed by atoms with E-state index >= 15 is 0 Å². The van der Waals surface area contributed by atoms with Crippen LogP contribution in [0.4, 0.5) is 0 Å². The molecule has 5 heteroatoms. The average molecular weight is 397 g/mol. The molecule has 4 atom stereocenters. The molecule has 28 heavy (non-hydrogen) atoms. The number of hydrogen-bond acceptors (Lipinski definition) is 5. The van der Waals surface area contributed by atoms with Crippen LogP contribution >= 0.6 is 0 Å². The number of methoxy groups -OCH3 is 1. The van der Waals surface area contributed by atoms with Gasteiger partial charge in [-0.1, -0.05) is 37.5 Å². The first kappa shape index (κ1) is 24.9. The Morgan fingerprint density at radius 2 is 1.71 bits per heavy atom. The molecule has 0 bridgehead atoms. The number of aliphatic hydroxyl groups excluding tert-OH is 2. The van der Waals surface area contributed by atoms with Crippen molar-refractivity contribution in [3.63, 3.8) is 0 Å². The summed E-state index contributed by atoms with van der Waals surface area (Å²) in [6.45, 7) is 3.68. The first-order valence-corrected chi connectivity index (χ1v) is 10.9. The maximum absolute atomic E-state index is 11.0. The van der Waals surface area contributed by atoms with E-state index in [2.05, 4.69) is 16.9 Å². The van der Waals surface area contributed by atoms with Gasteiger partial charge < -0.3 is 19.7 Å². The third-order valence-electron chi connectivity index (χ3n) is 5.50. The third kappa shape index (κ3) is 10.4. The molecule has 1 saturated carbocycles. The van der Waals surface area contributed by atoms with Crippen LogP contribution < -0.4 is 0 Å². The van der Waals surface area contributed by atoms with Crippen LogP contribution in [0.3, 0.4) is 0 Å². The van der Waals surface area contributed by atoms with Crippen molar-refractivity contribution in [2.24, 2.45) is 11.8 Å². The van der Waals surface area contributed by atoms with Crippen molar-refractivity contribution >= 4 is 5.97 Å². The topological polar surface area (TPSA) is 76.0 Å². The van der Waals surface area contributed by atoms with Gasteiger partial charge in [0.25, 0.3) is 0 Å². The van der Waals surface area contributed by atoms with Gasteiger partial charge in [0.05, 0.1) is 19.3 Å². The SMILES string of the molecule is CCOCCCCCC/C=C/[C@@H]1C(CCCCC=CC(=O)OC)[C@@H](O)C[C@H]1O. The van der Waals surface area contributed by atoms with Crippen molar-refractivity contribution in [1.29, 1.82) is 0 Å². The first-order chi connectivity index (χ1) is 13.6. The van der Waals surface area contributed by atoms with E-state index in [1.807, 2.05) is 13.0 Å². The Balaban J connectivity index is 2.24. The van der Waals surface area contributed by atoms with Crippen LogP contribution in [0.1, 0.15) is 71.1 Å². The van der Waals surface area contributed by atoms with Crippen molar-refractivity contribution in [3.8, 4) is 0 Å². The van der Waals surface area contributed by atoms with E-state index in [-0.39, 0.29) is 17.8 Å². The average Bonchev–Trinajstić information content (AvgIpc) is 2.95. The number of allylic oxidation sites excluding steroid dienone is 2. The normalized spacial score (nSPS) is 25.1. The molecule has 0 spiro atoms. The fraction of sp³-hybridized carbons (Fsp3) is 0.783. The molecule has 162 valence electrons. The lowest BCUT2D eigenvalue weighted by Gasteiger charge is -2.20. The molecule has 0 aliphatic heterocycles. The van der Waals surface area contributed by atoms with E-state index in [0.717, 1.165) is 58.2 Å². The minimum Gasteiger partial charge on any atom is -0.466 e. The zero-order valence-electron chi connectivity index (χ0n) is 17.7. The summed E-state index contributed by atoms with van der Waals surface area (Å²) in [4.78, 5) is 11.0. The van der Waals surface area contributed by atoms with Crippen molar-refractivity contribution in [3.05, 3.63) is 24.3 Å². The highest BCUT2D eigenvalue weighted by atomic mass is 16.5. The molecule has 0 aromatic heterocycles. The number of hydrogen-bond donors (Lipinski definition) is 2. The number of ether oxygens (including phenoxy) is 2. The zero-order valence-corrected chi connectivity index (χ0v) is 17.7. The third-order valence-corrected chi connectivity index (χ3v) is 5.50. The summed E-state index contributed by atoms with van der Waals surface area (Å²) in [5.74, 6) is -0.144. The van der Waals surface area contributed by atoms with Crippen molar-refractivity contribution < 1.29 is 24.5 Å². The van der Waals surface area contributed by atoms with E-state index < -0.39 is 12.2 Å². The Morgan fingerprint density at radius 3 is 2.46 bits per heavy atom. The summed E-state index contributed by atoms with van der Waals surface area (Å²) < 4.78 is 9.90. The lowest BCUT2D eigenvalue weighted by atomic mass is 9.88. The summed E-state index contributed by atoms with van der Waals surface area (Å²) in [6.07, 6.45) is 16.6. The molecule has 1 fully saturated rings. The molecule has 1 rings (SSSR count). The number of carbonyl (C=O) groups is 1. The van der Waals surface area contributed by atoms with Crippen LogP contribution in [-0.4, -0.2) is 48.7 Å². The van der Waals surface area contributed by atoms with Gasteiger partial charge in [0.2, 0.25) is 0 Å². The zero-order chi connectivity index (χ0) is 20.6. The van der Waals surface area contributed by atoms with Gasteiger partial charge in [-0.3, -0.25) is 0 Å². The molecular weight excluding hydrogens is 356 g/mol. The van der Waals surface area contributed by atoms with Crippen LogP contribution in [0.15, 0.2) is 24.3 Å². The summed E-state index contributed by atoms with van der Waals surface area (Å²) in [6, 6.07) is 0. The highest BCUT2D eigenvalue weighted by molar-refractivity contribution is 5.81. The largest absolute Gasteiger partial charge is 0.466 e. The Hall–Kier alpha value is -1.17. The second-order valence-electron chi connectivity index (χ2n) is 7.65. The maximum Gasteiger partial charge on any atom is 0.330 e. The van der Waals surface area contributed by atoms with E-state index in [1.54, 1.807) is 0 Å². The molecule has 0 heterocycles.